The molecule has 1 saturated heterocycles. The van der Waals surface area contributed by atoms with E-state index in [9.17, 15) is 4.79 Å². The number of pyridine rings is 1. The van der Waals surface area contributed by atoms with Crippen molar-refractivity contribution < 1.29 is 9.21 Å². The largest absolute Gasteiger partial charge is 0.467 e. The highest BCUT2D eigenvalue weighted by atomic mass is 32.2. The molecule has 1 fully saturated rings. The smallest absolute Gasteiger partial charge is 0.233 e. The van der Waals surface area contributed by atoms with Gasteiger partial charge in [0, 0.05) is 44.1 Å². The third-order valence-electron chi connectivity index (χ3n) is 4.34. The van der Waals surface area contributed by atoms with Crippen molar-refractivity contribution in [2.75, 3.05) is 31.9 Å². The second-order valence-corrected chi connectivity index (χ2v) is 7.07. The van der Waals surface area contributed by atoms with Crippen LogP contribution in [0.25, 0.3) is 11.4 Å². The summed E-state index contributed by atoms with van der Waals surface area (Å²) in [5.41, 5.74) is 0.921. The Morgan fingerprint density at radius 2 is 2.00 bits per heavy atom. The van der Waals surface area contributed by atoms with Crippen LogP contribution in [0.1, 0.15) is 5.76 Å². The maximum absolute atomic E-state index is 12.5. The van der Waals surface area contributed by atoms with E-state index in [1.165, 1.54) is 11.8 Å². The van der Waals surface area contributed by atoms with E-state index in [2.05, 4.69) is 20.5 Å². The fourth-order valence-corrected chi connectivity index (χ4v) is 3.78. The zero-order valence-electron chi connectivity index (χ0n) is 14.7. The highest BCUT2D eigenvalue weighted by Crippen LogP contribution is 2.25. The van der Waals surface area contributed by atoms with Gasteiger partial charge in [-0.25, -0.2) is 0 Å². The van der Waals surface area contributed by atoms with E-state index in [-0.39, 0.29) is 5.91 Å². The van der Waals surface area contributed by atoms with Crippen LogP contribution >= 0.6 is 11.8 Å². The number of nitrogens with one attached hydrogen (secondary N) is 1. The fraction of sp³-hybridized carbons (Fsp3) is 0.333. The molecule has 0 atom stereocenters. The molecule has 0 aromatic carbocycles. The lowest BCUT2D eigenvalue weighted by Gasteiger charge is -2.27. The lowest BCUT2D eigenvalue weighted by molar-refractivity contribution is -0.128. The third-order valence-corrected chi connectivity index (χ3v) is 5.30. The van der Waals surface area contributed by atoms with Gasteiger partial charge in [-0.15, -0.1) is 10.2 Å². The molecule has 1 aliphatic rings. The molecule has 27 heavy (non-hydrogen) atoms. The molecule has 8 nitrogen and oxygen atoms in total. The van der Waals surface area contributed by atoms with Crippen molar-refractivity contribution in [2.24, 2.45) is 0 Å². The first kappa shape index (κ1) is 17.7. The fourth-order valence-electron chi connectivity index (χ4n) is 2.94. The Hall–Kier alpha value is -2.65. The molecule has 1 aliphatic heterocycles. The second-order valence-electron chi connectivity index (χ2n) is 6.13. The summed E-state index contributed by atoms with van der Waals surface area (Å²) in [5, 5.41) is 12.6. The Morgan fingerprint density at radius 1 is 1.19 bits per heavy atom. The predicted octanol–water partition coefficient (Wildman–Crippen LogP) is 1.51. The summed E-state index contributed by atoms with van der Waals surface area (Å²) < 4.78 is 7.47. The molecular formula is C18H20N6O2S. The summed E-state index contributed by atoms with van der Waals surface area (Å²) in [6.45, 7) is 3.69. The van der Waals surface area contributed by atoms with Crippen LogP contribution in [0.2, 0.25) is 0 Å². The molecular weight excluding hydrogens is 364 g/mol. The SMILES string of the molecule is O=C(CSc1nnc(-c2ccncc2)n1Cc1ccco1)N1CCNCC1. The monoisotopic (exact) mass is 384 g/mol. The number of carbonyl (C=O) groups excluding carboxylic acids is 1. The molecule has 9 heteroatoms. The summed E-state index contributed by atoms with van der Waals surface area (Å²) in [6.07, 6.45) is 5.09. The van der Waals surface area contributed by atoms with Crippen molar-refractivity contribution in [2.45, 2.75) is 11.7 Å². The van der Waals surface area contributed by atoms with E-state index >= 15 is 0 Å². The molecule has 1 N–H and O–H groups in total. The van der Waals surface area contributed by atoms with Gasteiger partial charge in [0.1, 0.15) is 5.76 Å². The van der Waals surface area contributed by atoms with E-state index in [0.717, 1.165) is 43.3 Å². The van der Waals surface area contributed by atoms with E-state index in [1.54, 1.807) is 18.7 Å². The van der Waals surface area contributed by atoms with E-state index in [1.807, 2.05) is 33.7 Å². The average molecular weight is 384 g/mol. The van der Waals surface area contributed by atoms with Gasteiger partial charge in [0.15, 0.2) is 11.0 Å². The molecule has 0 spiro atoms. The maximum Gasteiger partial charge on any atom is 0.233 e. The summed E-state index contributed by atoms with van der Waals surface area (Å²) in [4.78, 5) is 18.4. The van der Waals surface area contributed by atoms with Crippen LogP contribution in [0, 0.1) is 0 Å². The Kier molecular flexibility index (Phi) is 5.50. The van der Waals surface area contributed by atoms with Crippen molar-refractivity contribution in [3.63, 3.8) is 0 Å². The average Bonchev–Trinajstić information content (AvgIpc) is 3.38. The third kappa shape index (κ3) is 4.20. The minimum Gasteiger partial charge on any atom is -0.467 e. The quantitative estimate of drug-likeness (QED) is 0.644. The number of amides is 1. The number of thioether (sulfide) groups is 1. The minimum absolute atomic E-state index is 0.125. The Morgan fingerprint density at radius 3 is 2.74 bits per heavy atom. The van der Waals surface area contributed by atoms with Crippen LogP contribution in [-0.4, -0.2) is 62.5 Å². The molecule has 4 heterocycles. The Labute approximate surface area is 161 Å². The van der Waals surface area contributed by atoms with Gasteiger partial charge in [0.25, 0.3) is 0 Å². The highest BCUT2D eigenvalue weighted by Gasteiger charge is 2.20. The molecule has 0 saturated carbocycles. The maximum atomic E-state index is 12.5. The molecule has 3 aromatic heterocycles. The first-order valence-electron chi connectivity index (χ1n) is 8.78. The summed E-state index contributed by atoms with van der Waals surface area (Å²) >= 11 is 1.41. The van der Waals surface area contributed by atoms with Crippen molar-refractivity contribution >= 4 is 17.7 Å². The summed E-state index contributed by atoms with van der Waals surface area (Å²) in [6, 6.07) is 7.55. The number of carbonyl (C=O) groups is 1. The van der Waals surface area contributed by atoms with Crippen LogP contribution in [0.3, 0.4) is 0 Å². The predicted molar refractivity (Wildman–Crippen MR) is 101 cm³/mol. The first-order chi connectivity index (χ1) is 13.3. The lowest BCUT2D eigenvalue weighted by Crippen LogP contribution is -2.47. The number of furan rings is 1. The molecule has 4 rings (SSSR count). The van der Waals surface area contributed by atoms with Crippen LogP contribution in [0.5, 0.6) is 0 Å². The molecule has 1 amide bonds. The van der Waals surface area contributed by atoms with Gasteiger partial charge in [-0.1, -0.05) is 11.8 Å². The van der Waals surface area contributed by atoms with Crippen molar-refractivity contribution in [3.05, 3.63) is 48.7 Å². The molecule has 140 valence electrons. The molecule has 0 aliphatic carbocycles. The molecule has 0 unspecified atom stereocenters. The highest BCUT2D eigenvalue weighted by molar-refractivity contribution is 7.99. The van der Waals surface area contributed by atoms with Crippen molar-refractivity contribution in [1.82, 2.24) is 30.0 Å². The van der Waals surface area contributed by atoms with Crippen LogP contribution < -0.4 is 5.32 Å². The van der Waals surface area contributed by atoms with Crippen molar-refractivity contribution in [1.29, 1.82) is 0 Å². The molecule has 0 radical (unpaired) electrons. The number of piperazine rings is 1. The van der Waals surface area contributed by atoms with E-state index in [4.69, 9.17) is 4.42 Å². The number of hydrogen-bond donors (Lipinski definition) is 1. The number of aromatic nitrogens is 4. The van der Waals surface area contributed by atoms with Crippen LogP contribution in [0.15, 0.2) is 52.5 Å². The van der Waals surface area contributed by atoms with E-state index < -0.39 is 0 Å². The number of hydrogen-bond acceptors (Lipinski definition) is 7. The zero-order valence-corrected chi connectivity index (χ0v) is 15.6. The minimum atomic E-state index is 0.125. The topological polar surface area (TPSA) is 89.1 Å². The Bertz CT molecular complexity index is 875. The van der Waals surface area contributed by atoms with Gasteiger partial charge < -0.3 is 14.6 Å². The lowest BCUT2D eigenvalue weighted by atomic mass is 10.2. The summed E-state index contributed by atoms with van der Waals surface area (Å²) in [5.74, 6) is 2.00. The Balaban J connectivity index is 1.54. The van der Waals surface area contributed by atoms with Crippen molar-refractivity contribution in [3.8, 4) is 11.4 Å². The van der Waals surface area contributed by atoms with Gasteiger partial charge in [-0.3, -0.25) is 14.3 Å². The normalized spacial score (nSPS) is 14.4. The van der Waals surface area contributed by atoms with E-state index in [0.29, 0.717) is 17.5 Å². The van der Waals surface area contributed by atoms with Gasteiger partial charge in [-0.05, 0) is 24.3 Å². The summed E-state index contributed by atoms with van der Waals surface area (Å²) in [7, 11) is 0. The van der Waals surface area contributed by atoms with Gasteiger partial charge in [-0.2, -0.15) is 0 Å². The molecule has 3 aromatic rings. The van der Waals surface area contributed by atoms with Gasteiger partial charge >= 0.3 is 0 Å². The van der Waals surface area contributed by atoms with Crippen LogP contribution in [-0.2, 0) is 11.3 Å². The van der Waals surface area contributed by atoms with Crippen LogP contribution in [0.4, 0.5) is 0 Å². The first-order valence-corrected chi connectivity index (χ1v) is 9.77. The second kappa shape index (κ2) is 8.36. The standard InChI is InChI=1S/C18H20N6O2S/c25-16(23-9-7-20-8-10-23)13-27-18-22-21-17(14-3-5-19-6-4-14)24(18)12-15-2-1-11-26-15/h1-6,11,20H,7-10,12-13H2. The van der Waals surface area contributed by atoms with Gasteiger partial charge in [0.2, 0.25) is 5.91 Å². The number of rotatable bonds is 6. The van der Waals surface area contributed by atoms with Gasteiger partial charge in [0.05, 0.1) is 18.6 Å². The molecule has 0 bridgehead atoms. The zero-order chi connectivity index (χ0) is 18.5. The number of nitrogens with zero attached hydrogens (tertiary/aromatic N) is 5.